The van der Waals surface area contributed by atoms with Gasteiger partial charge in [-0.2, -0.15) is 0 Å². The van der Waals surface area contributed by atoms with Gasteiger partial charge in [0.1, 0.15) is 0 Å². The summed E-state index contributed by atoms with van der Waals surface area (Å²) in [5.41, 5.74) is -0.413. The van der Waals surface area contributed by atoms with Crippen LogP contribution >= 0.6 is 21.6 Å². The van der Waals surface area contributed by atoms with Crippen LogP contribution in [0.3, 0.4) is 0 Å². The zero-order chi connectivity index (χ0) is 11.6. The van der Waals surface area contributed by atoms with Crippen molar-refractivity contribution in [1.29, 1.82) is 0 Å². The third-order valence-corrected chi connectivity index (χ3v) is 10.7. The predicted molar refractivity (Wildman–Crippen MR) is 75.2 cm³/mol. The maximum Gasteiger partial charge on any atom is 0.0496 e. The summed E-state index contributed by atoms with van der Waals surface area (Å²) >= 11 is 0. The second-order valence-corrected chi connectivity index (χ2v) is 10.4. The van der Waals surface area contributed by atoms with Gasteiger partial charge in [-0.15, -0.1) is 0 Å². The van der Waals surface area contributed by atoms with E-state index in [1.165, 1.54) is 0 Å². The molecule has 0 fully saturated rings. The number of hydrogen-bond donors (Lipinski definition) is 2. The van der Waals surface area contributed by atoms with Crippen molar-refractivity contribution in [3.05, 3.63) is 0 Å². The summed E-state index contributed by atoms with van der Waals surface area (Å²) < 4.78 is -0.213. The molecule has 0 heterocycles. The molecule has 0 radical (unpaired) electrons. The molecule has 2 nitrogen and oxygen atoms in total. The second-order valence-electron chi connectivity index (χ2n) is 4.73. The number of hydrogen-bond acceptors (Lipinski definition) is 4. The van der Waals surface area contributed by atoms with Crippen molar-refractivity contribution < 1.29 is 10.2 Å². The van der Waals surface area contributed by atoms with Crippen molar-refractivity contribution in [1.82, 2.24) is 0 Å². The lowest BCUT2D eigenvalue weighted by atomic mass is 10.2. The molecular weight excluding hydrogens is 248 g/mol. The summed E-state index contributed by atoms with van der Waals surface area (Å²) in [4.78, 5) is 0. The molecule has 2 unspecified atom stereocenters. The number of aliphatic hydroxyl groups excluding tert-OH is 2. The molecule has 0 saturated heterocycles. The van der Waals surface area contributed by atoms with Crippen molar-refractivity contribution in [3.63, 3.8) is 0 Å². The van der Waals surface area contributed by atoms with Gasteiger partial charge in [0.2, 0.25) is 0 Å². The molecule has 86 valence electrons. The first-order valence-corrected chi connectivity index (χ1v) is 9.28. The Balaban J connectivity index is 4.18. The molecule has 0 aromatic rings. The largest absolute Gasteiger partial charge is 0.396 e. The standard InChI is InChI=1S/C8H22O2S2Si2/c1-7(2,5(9)13)11-12-8(3,4)6(10)14/h5-6,9-10H,1-4,13-14H3. The van der Waals surface area contributed by atoms with Crippen molar-refractivity contribution in [2.24, 2.45) is 0 Å². The summed E-state index contributed by atoms with van der Waals surface area (Å²) in [5.74, 6) is 0. The predicted octanol–water partition coefficient (Wildman–Crippen LogP) is -0.707. The minimum absolute atomic E-state index is 0.107. The fraction of sp³-hybridized carbons (Fsp3) is 1.00. The lowest BCUT2D eigenvalue weighted by Crippen LogP contribution is -2.36. The molecule has 0 aromatic carbocycles. The Hall–Kier alpha value is 1.05. The topological polar surface area (TPSA) is 40.5 Å². The third kappa shape index (κ3) is 4.72. The fourth-order valence-electron chi connectivity index (χ4n) is 0.354. The Morgan fingerprint density at radius 2 is 1.07 bits per heavy atom. The van der Waals surface area contributed by atoms with E-state index >= 15 is 0 Å². The molecule has 0 saturated carbocycles. The van der Waals surface area contributed by atoms with E-state index in [1.54, 1.807) is 21.6 Å². The summed E-state index contributed by atoms with van der Waals surface area (Å²) in [7, 11) is 4.96. The normalized spacial score (nSPS) is 18.4. The minimum Gasteiger partial charge on any atom is -0.396 e. The van der Waals surface area contributed by atoms with Gasteiger partial charge in [0, 0.05) is 41.4 Å². The molecule has 6 heteroatoms. The summed E-state index contributed by atoms with van der Waals surface area (Å²) in [6, 6.07) is 0. The molecule has 0 aliphatic heterocycles. The van der Waals surface area contributed by atoms with Gasteiger partial charge in [-0.1, -0.05) is 21.6 Å². The first kappa shape index (κ1) is 15.1. The van der Waals surface area contributed by atoms with Crippen LogP contribution in [0.15, 0.2) is 0 Å². The van der Waals surface area contributed by atoms with Crippen molar-refractivity contribution in [2.45, 2.75) is 48.6 Å². The maximum atomic E-state index is 9.59. The highest BCUT2D eigenvalue weighted by Gasteiger charge is 2.31. The molecule has 0 rings (SSSR count). The first-order valence-electron chi connectivity index (χ1n) is 4.82. The van der Waals surface area contributed by atoms with E-state index in [9.17, 15) is 10.2 Å². The van der Waals surface area contributed by atoms with E-state index < -0.39 is 0 Å². The highest BCUT2D eigenvalue weighted by atomic mass is 33.1. The van der Waals surface area contributed by atoms with Crippen molar-refractivity contribution >= 4 is 42.1 Å². The maximum absolute atomic E-state index is 9.59. The second kappa shape index (κ2) is 5.40. The Morgan fingerprint density at radius 3 is 1.21 bits per heavy atom. The van der Waals surface area contributed by atoms with Gasteiger partial charge in [0.25, 0.3) is 0 Å². The van der Waals surface area contributed by atoms with Gasteiger partial charge in [0.05, 0.1) is 0 Å². The van der Waals surface area contributed by atoms with Crippen LogP contribution in [0.25, 0.3) is 0 Å². The summed E-state index contributed by atoms with van der Waals surface area (Å²) in [5, 5.41) is 19.2. The molecule has 0 aliphatic carbocycles. The zero-order valence-electron chi connectivity index (χ0n) is 9.87. The summed E-state index contributed by atoms with van der Waals surface area (Å²) in [6.07, 6.45) is 0. The molecule has 0 aliphatic rings. The SMILES string of the molecule is CC(C)(SSC(C)(C)C(O)[SiH3])C(O)[SiH3]. The van der Waals surface area contributed by atoms with Crippen LogP contribution in [0, 0.1) is 0 Å². The van der Waals surface area contributed by atoms with Crippen LogP contribution in [0.1, 0.15) is 27.7 Å². The average molecular weight is 271 g/mol. The third-order valence-electron chi connectivity index (χ3n) is 2.48. The van der Waals surface area contributed by atoms with Gasteiger partial charge >= 0.3 is 0 Å². The number of rotatable bonds is 5. The lowest BCUT2D eigenvalue weighted by Gasteiger charge is -2.33. The van der Waals surface area contributed by atoms with Crippen molar-refractivity contribution in [2.75, 3.05) is 0 Å². The van der Waals surface area contributed by atoms with Crippen LogP contribution in [0.4, 0.5) is 0 Å². The molecule has 0 spiro atoms. The first-order chi connectivity index (χ1) is 6.09. The van der Waals surface area contributed by atoms with Crippen LogP contribution in [-0.4, -0.2) is 51.6 Å². The van der Waals surface area contributed by atoms with E-state index in [4.69, 9.17) is 0 Å². The molecule has 14 heavy (non-hydrogen) atoms. The smallest absolute Gasteiger partial charge is 0.0496 e. The van der Waals surface area contributed by atoms with Gasteiger partial charge in [0.15, 0.2) is 0 Å². The van der Waals surface area contributed by atoms with Crippen LogP contribution < -0.4 is 0 Å². The van der Waals surface area contributed by atoms with Gasteiger partial charge in [-0.25, -0.2) is 0 Å². The zero-order valence-corrected chi connectivity index (χ0v) is 15.5. The lowest BCUT2D eigenvalue weighted by molar-refractivity contribution is 0.220. The number of aliphatic hydroxyl groups is 2. The monoisotopic (exact) mass is 270 g/mol. The van der Waals surface area contributed by atoms with E-state index in [1.807, 2.05) is 0 Å². The molecule has 0 aromatic heterocycles. The highest BCUT2D eigenvalue weighted by Crippen LogP contribution is 2.45. The van der Waals surface area contributed by atoms with Crippen molar-refractivity contribution in [3.8, 4) is 0 Å². The Morgan fingerprint density at radius 1 is 0.857 bits per heavy atom. The molecule has 2 atom stereocenters. The summed E-state index contributed by atoms with van der Waals surface area (Å²) in [6.45, 7) is 8.21. The van der Waals surface area contributed by atoms with Gasteiger partial charge in [-0.3, -0.25) is 0 Å². The van der Waals surface area contributed by atoms with Gasteiger partial charge in [-0.05, 0) is 27.7 Å². The molecular formula is C8H22O2S2Si2. The molecule has 0 amide bonds. The van der Waals surface area contributed by atoms with E-state index in [-0.39, 0.29) is 20.9 Å². The Kier molecular flexibility index (Phi) is 5.81. The van der Waals surface area contributed by atoms with Crippen LogP contribution in [0.2, 0.25) is 0 Å². The quantitative estimate of drug-likeness (QED) is 0.512. The van der Waals surface area contributed by atoms with Gasteiger partial charge < -0.3 is 10.2 Å². The Bertz CT molecular complexity index is 164. The highest BCUT2D eigenvalue weighted by molar-refractivity contribution is 8.77. The minimum atomic E-state index is -0.206. The van der Waals surface area contributed by atoms with E-state index in [2.05, 4.69) is 27.7 Å². The van der Waals surface area contributed by atoms with E-state index in [0.717, 1.165) is 20.5 Å². The molecule has 2 N–H and O–H groups in total. The Labute approximate surface area is 101 Å². The average Bonchev–Trinajstić information content (AvgIpc) is 2.01. The van der Waals surface area contributed by atoms with Crippen LogP contribution in [-0.2, 0) is 0 Å². The van der Waals surface area contributed by atoms with E-state index in [0.29, 0.717) is 0 Å². The van der Waals surface area contributed by atoms with Crippen LogP contribution in [0.5, 0.6) is 0 Å². The molecule has 0 bridgehead atoms. The fourth-order valence-corrected chi connectivity index (χ4v) is 4.92.